The fourth-order valence-corrected chi connectivity index (χ4v) is 2.80. The molecule has 2 rings (SSSR count). The summed E-state index contributed by atoms with van der Waals surface area (Å²) in [5.74, 6) is 0.402. The van der Waals surface area contributed by atoms with E-state index in [1.165, 1.54) is 6.07 Å². The van der Waals surface area contributed by atoms with Gasteiger partial charge in [0, 0.05) is 18.0 Å². The van der Waals surface area contributed by atoms with Crippen LogP contribution in [-0.4, -0.2) is 12.1 Å². The average Bonchev–Trinajstić information content (AvgIpc) is 2.46. The third-order valence-electron chi connectivity index (χ3n) is 3.18. The van der Waals surface area contributed by atoms with Gasteiger partial charge in [0.1, 0.15) is 11.6 Å². The van der Waals surface area contributed by atoms with Crippen LogP contribution in [0.4, 0.5) is 4.39 Å². The lowest BCUT2D eigenvalue weighted by atomic mass is 9.93. The quantitative estimate of drug-likeness (QED) is 0.774. The summed E-state index contributed by atoms with van der Waals surface area (Å²) in [5.41, 5.74) is 1.65. The van der Waals surface area contributed by atoms with Crippen LogP contribution >= 0.6 is 15.9 Å². The van der Waals surface area contributed by atoms with Gasteiger partial charge < -0.3 is 4.74 Å². The van der Waals surface area contributed by atoms with E-state index in [9.17, 15) is 4.39 Å². The summed E-state index contributed by atoms with van der Waals surface area (Å²) in [7, 11) is 1.55. The monoisotopic (exact) mass is 323 g/mol. The van der Waals surface area contributed by atoms with Crippen LogP contribution < -0.4 is 4.74 Å². The maximum absolute atomic E-state index is 14.0. The van der Waals surface area contributed by atoms with Gasteiger partial charge in [-0.15, -0.1) is 0 Å². The molecule has 2 atom stereocenters. The predicted octanol–water partition coefficient (Wildman–Crippen LogP) is 4.47. The molecule has 19 heavy (non-hydrogen) atoms. The molecule has 0 saturated heterocycles. The molecule has 0 radical (unpaired) electrons. The van der Waals surface area contributed by atoms with E-state index in [4.69, 9.17) is 4.74 Å². The van der Waals surface area contributed by atoms with Crippen molar-refractivity contribution >= 4 is 15.9 Å². The van der Waals surface area contributed by atoms with E-state index in [2.05, 4.69) is 20.9 Å². The lowest BCUT2D eigenvalue weighted by Gasteiger charge is -2.21. The van der Waals surface area contributed by atoms with Gasteiger partial charge in [-0.2, -0.15) is 0 Å². The molecule has 0 aliphatic rings. The molecule has 2 nitrogen and oxygen atoms in total. The van der Waals surface area contributed by atoms with Crippen LogP contribution in [0.5, 0.6) is 5.75 Å². The van der Waals surface area contributed by atoms with Gasteiger partial charge in [0.15, 0.2) is 0 Å². The molecule has 0 saturated carbocycles. The Kier molecular flexibility index (Phi) is 4.53. The van der Waals surface area contributed by atoms with Crippen molar-refractivity contribution in [3.63, 3.8) is 0 Å². The first-order chi connectivity index (χ1) is 9.15. The highest BCUT2D eigenvalue weighted by atomic mass is 79.9. The van der Waals surface area contributed by atoms with Crippen molar-refractivity contribution in [2.45, 2.75) is 17.7 Å². The summed E-state index contributed by atoms with van der Waals surface area (Å²) >= 11 is 3.59. The van der Waals surface area contributed by atoms with Crippen LogP contribution in [0.15, 0.2) is 42.7 Å². The maximum Gasteiger partial charge on any atom is 0.131 e. The number of benzene rings is 1. The second kappa shape index (κ2) is 6.15. The first kappa shape index (κ1) is 14.0. The minimum absolute atomic E-state index is 0.105. The summed E-state index contributed by atoms with van der Waals surface area (Å²) in [6.45, 7) is 2.04. The topological polar surface area (TPSA) is 22.1 Å². The molecule has 100 valence electrons. The minimum Gasteiger partial charge on any atom is -0.496 e. The largest absolute Gasteiger partial charge is 0.496 e. The SMILES string of the molecule is COc1cccc(F)c1C(Br)C(C)c1ccncc1. The number of rotatable bonds is 4. The van der Waals surface area contributed by atoms with Gasteiger partial charge in [-0.3, -0.25) is 4.98 Å². The van der Waals surface area contributed by atoms with E-state index in [1.54, 1.807) is 31.6 Å². The molecular formula is C15H15BrFNO. The van der Waals surface area contributed by atoms with Crippen molar-refractivity contribution in [2.75, 3.05) is 7.11 Å². The number of ether oxygens (including phenoxy) is 1. The van der Waals surface area contributed by atoms with Crippen LogP contribution in [0.2, 0.25) is 0 Å². The molecule has 1 heterocycles. The number of pyridine rings is 1. The Hall–Kier alpha value is -1.42. The van der Waals surface area contributed by atoms with Crippen LogP contribution in [0.25, 0.3) is 0 Å². The van der Waals surface area contributed by atoms with E-state index in [-0.39, 0.29) is 16.6 Å². The lowest BCUT2D eigenvalue weighted by molar-refractivity contribution is 0.402. The first-order valence-electron chi connectivity index (χ1n) is 6.01. The van der Waals surface area contributed by atoms with Crippen molar-refractivity contribution in [1.82, 2.24) is 4.98 Å². The normalized spacial score (nSPS) is 13.9. The van der Waals surface area contributed by atoms with Gasteiger partial charge in [0.2, 0.25) is 0 Å². The third kappa shape index (κ3) is 2.95. The average molecular weight is 324 g/mol. The molecular weight excluding hydrogens is 309 g/mol. The molecule has 0 spiro atoms. The van der Waals surface area contributed by atoms with Crippen molar-refractivity contribution in [1.29, 1.82) is 0 Å². The van der Waals surface area contributed by atoms with Crippen LogP contribution in [0, 0.1) is 5.82 Å². The molecule has 4 heteroatoms. The summed E-state index contributed by atoms with van der Waals surface area (Å²) in [6.07, 6.45) is 3.48. The van der Waals surface area contributed by atoms with Crippen LogP contribution in [0.3, 0.4) is 0 Å². The fraction of sp³-hybridized carbons (Fsp3) is 0.267. The van der Waals surface area contributed by atoms with E-state index >= 15 is 0 Å². The Morgan fingerprint density at radius 1 is 1.21 bits per heavy atom. The Morgan fingerprint density at radius 3 is 2.53 bits per heavy atom. The number of nitrogens with zero attached hydrogens (tertiary/aromatic N) is 1. The zero-order valence-electron chi connectivity index (χ0n) is 10.8. The van der Waals surface area contributed by atoms with Crippen LogP contribution in [0.1, 0.15) is 28.8 Å². The lowest BCUT2D eigenvalue weighted by Crippen LogP contribution is -2.06. The van der Waals surface area contributed by atoms with Gasteiger partial charge in [0.25, 0.3) is 0 Å². The number of hydrogen-bond acceptors (Lipinski definition) is 2. The van der Waals surface area contributed by atoms with Gasteiger partial charge in [-0.25, -0.2) is 4.39 Å². The molecule has 0 N–H and O–H groups in total. The zero-order valence-corrected chi connectivity index (χ0v) is 12.4. The highest BCUT2D eigenvalue weighted by molar-refractivity contribution is 9.09. The molecule has 1 aromatic carbocycles. The van der Waals surface area contributed by atoms with Gasteiger partial charge in [0.05, 0.1) is 11.9 Å². The molecule has 0 aliphatic heterocycles. The Balaban J connectivity index is 2.37. The molecule has 0 aliphatic carbocycles. The molecule has 1 aromatic heterocycles. The fourth-order valence-electron chi connectivity index (χ4n) is 2.05. The maximum atomic E-state index is 14.0. The summed E-state index contributed by atoms with van der Waals surface area (Å²) in [4.78, 5) is 3.84. The van der Waals surface area contributed by atoms with Crippen LogP contribution in [-0.2, 0) is 0 Å². The van der Waals surface area contributed by atoms with Crippen molar-refractivity contribution < 1.29 is 9.13 Å². The van der Waals surface area contributed by atoms with Crippen molar-refractivity contribution in [3.05, 3.63) is 59.7 Å². The second-order valence-corrected chi connectivity index (χ2v) is 5.31. The minimum atomic E-state index is -0.262. The highest BCUT2D eigenvalue weighted by Crippen LogP contribution is 2.42. The van der Waals surface area contributed by atoms with E-state index in [0.29, 0.717) is 11.3 Å². The van der Waals surface area contributed by atoms with Gasteiger partial charge in [-0.1, -0.05) is 28.9 Å². The van der Waals surface area contributed by atoms with E-state index in [0.717, 1.165) is 5.56 Å². The number of methoxy groups -OCH3 is 1. The smallest absolute Gasteiger partial charge is 0.131 e. The standard InChI is InChI=1S/C15H15BrFNO/c1-10(11-6-8-18-9-7-11)15(16)14-12(17)4-3-5-13(14)19-2/h3-10,15H,1-2H3. The zero-order chi connectivity index (χ0) is 13.8. The first-order valence-corrected chi connectivity index (χ1v) is 6.93. The number of hydrogen-bond donors (Lipinski definition) is 0. The molecule has 0 bridgehead atoms. The van der Waals surface area contributed by atoms with E-state index in [1.807, 2.05) is 19.1 Å². The van der Waals surface area contributed by atoms with E-state index < -0.39 is 0 Å². The second-order valence-electron chi connectivity index (χ2n) is 4.33. The number of alkyl halides is 1. The Morgan fingerprint density at radius 2 is 1.89 bits per heavy atom. The summed E-state index contributed by atoms with van der Waals surface area (Å²) in [6, 6.07) is 8.74. The Bertz CT molecular complexity index is 547. The molecule has 2 aromatic rings. The predicted molar refractivity (Wildman–Crippen MR) is 77.3 cm³/mol. The molecule has 0 fully saturated rings. The molecule has 2 unspecified atom stereocenters. The van der Waals surface area contributed by atoms with Crippen molar-refractivity contribution in [2.24, 2.45) is 0 Å². The summed E-state index contributed by atoms with van der Waals surface area (Å²) in [5, 5.41) is 0. The number of halogens is 2. The molecule has 0 amide bonds. The van der Waals surface area contributed by atoms with Gasteiger partial charge in [-0.05, 0) is 35.7 Å². The van der Waals surface area contributed by atoms with Gasteiger partial charge >= 0.3 is 0 Å². The Labute approximate surface area is 120 Å². The summed E-state index contributed by atoms with van der Waals surface area (Å²) < 4.78 is 19.3. The van der Waals surface area contributed by atoms with Crippen molar-refractivity contribution in [3.8, 4) is 5.75 Å². The third-order valence-corrected chi connectivity index (χ3v) is 4.43. The highest BCUT2D eigenvalue weighted by Gasteiger charge is 2.24. The number of aromatic nitrogens is 1.